The lowest BCUT2D eigenvalue weighted by atomic mass is 10.1. The number of carbonyl (C=O) groups excluding carboxylic acids is 1. The number of benzene rings is 1. The highest BCUT2D eigenvalue weighted by molar-refractivity contribution is 6.01. The molecule has 27 heavy (non-hydrogen) atoms. The van der Waals surface area contributed by atoms with Crippen LogP contribution in [0, 0.1) is 25.2 Å². The quantitative estimate of drug-likeness (QED) is 0.535. The van der Waals surface area contributed by atoms with Crippen LogP contribution in [0.3, 0.4) is 0 Å². The van der Waals surface area contributed by atoms with Gasteiger partial charge in [-0.2, -0.15) is 5.26 Å². The van der Waals surface area contributed by atoms with Crippen LogP contribution in [0.2, 0.25) is 0 Å². The van der Waals surface area contributed by atoms with Crippen LogP contribution in [-0.4, -0.2) is 10.5 Å². The van der Waals surface area contributed by atoms with Crippen molar-refractivity contribution in [2.75, 3.05) is 0 Å². The molecule has 0 radical (unpaired) electrons. The Labute approximate surface area is 158 Å². The van der Waals surface area contributed by atoms with E-state index in [1.807, 2.05) is 68.4 Å². The van der Waals surface area contributed by atoms with Gasteiger partial charge in [0.25, 0.3) is 5.91 Å². The van der Waals surface area contributed by atoms with Crippen molar-refractivity contribution in [1.82, 2.24) is 9.88 Å². The molecule has 0 spiro atoms. The average Bonchev–Trinajstić information content (AvgIpc) is 3.29. The van der Waals surface area contributed by atoms with Gasteiger partial charge in [-0.3, -0.25) is 4.79 Å². The minimum atomic E-state index is -0.378. The van der Waals surface area contributed by atoms with E-state index in [-0.39, 0.29) is 11.5 Å². The van der Waals surface area contributed by atoms with Crippen molar-refractivity contribution < 1.29 is 9.21 Å². The van der Waals surface area contributed by atoms with Gasteiger partial charge in [-0.25, -0.2) is 0 Å². The summed E-state index contributed by atoms with van der Waals surface area (Å²) >= 11 is 0. The van der Waals surface area contributed by atoms with Crippen molar-refractivity contribution in [3.63, 3.8) is 0 Å². The van der Waals surface area contributed by atoms with Crippen molar-refractivity contribution in [3.05, 3.63) is 88.6 Å². The van der Waals surface area contributed by atoms with Crippen LogP contribution in [0.15, 0.2) is 64.8 Å². The molecule has 136 valence electrons. The van der Waals surface area contributed by atoms with Crippen molar-refractivity contribution in [2.45, 2.75) is 26.9 Å². The van der Waals surface area contributed by atoms with Crippen molar-refractivity contribution in [1.29, 1.82) is 5.26 Å². The monoisotopic (exact) mass is 359 g/mol. The van der Waals surface area contributed by atoms with Crippen LogP contribution in [-0.2, 0) is 17.9 Å². The molecule has 2 aromatic heterocycles. The van der Waals surface area contributed by atoms with Crippen LogP contribution >= 0.6 is 0 Å². The van der Waals surface area contributed by atoms with Gasteiger partial charge >= 0.3 is 0 Å². The Balaban J connectivity index is 1.77. The lowest BCUT2D eigenvalue weighted by Gasteiger charge is -2.07. The summed E-state index contributed by atoms with van der Waals surface area (Å²) in [6.45, 7) is 4.96. The Kier molecular flexibility index (Phi) is 5.58. The van der Waals surface area contributed by atoms with Gasteiger partial charge in [-0.15, -0.1) is 0 Å². The molecule has 3 aromatic rings. The molecule has 0 saturated carbocycles. The molecule has 0 bridgehead atoms. The SMILES string of the molecule is Cc1cc(/C=C(\C#N)C(=O)NCc2ccccc2)c(C)n1Cc1ccco1. The molecular formula is C22H21N3O2. The third kappa shape index (κ3) is 4.36. The number of hydrogen-bond donors (Lipinski definition) is 1. The second-order valence-electron chi connectivity index (χ2n) is 6.33. The number of nitrogens with zero attached hydrogens (tertiary/aromatic N) is 2. The normalized spacial score (nSPS) is 11.2. The number of hydrogen-bond acceptors (Lipinski definition) is 3. The van der Waals surface area contributed by atoms with Crippen LogP contribution in [0.1, 0.15) is 28.3 Å². The highest BCUT2D eigenvalue weighted by atomic mass is 16.3. The second kappa shape index (κ2) is 8.24. The topological polar surface area (TPSA) is 71.0 Å². The summed E-state index contributed by atoms with van der Waals surface area (Å²) in [4.78, 5) is 12.4. The van der Waals surface area contributed by atoms with Crippen LogP contribution < -0.4 is 5.32 Å². The molecule has 0 atom stereocenters. The minimum absolute atomic E-state index is 0.0872. The molecular weight excluding hydrogens is 338 g/mol. The standard InChI is InChI=1S/C22H21N3O2/c1-16-11-19(17(2)25(16)15-21-9-6-10-27-21)12-20(13-23)22(26)24-14-18-7-4-3-5-8-18/h3-12H,14-15H2,1-2H3,(H,24,26)/b20-12+. The van der Waals surface area contributed by atoms with E-state index in [0.29, 0.717) is 13.1 Å². The average molecular weight is 359 g/mol. The maximum absolute atomic E-state index is 12.4. The lowest BCUT2D eigenvalue weighted by molar-refractivity contribution is -0.117. The summed E-state index contributed by atoms with van der Waals surface area (Å²) < 4.78 is 7.52. The molecule has 0 aliphatic heterocycles. The third-order valence-corrected chi connectivity index (χ3v) is 4.47. The van der Waals surface area contributed by atoms with Gasteiger partial charge in [0.05, 0.1) is 12.8 Å². The molecule has 0 fully saturated rings. The maximum Gasteiger partial charge on any atom is 0.262 e. The van der Waals surface area contributed by atoms with E-state index in [4.69, 9.17) is 4.42 Å². The molecule has 0 unspecified atom stereocenters. The van der Waals surface area contributed by atoms with Gasteiger partial charge in [-0.1, -0.05) is 30.3 Å². The number of carbonyl (C=O) groups is 1. The Morgan fingerprint density at radius 2 is 2.00 bits per heavy atom. The second-order valence-corrected chi connectivity index (χ2v) is 6.33. The van der Waals surface area contributed by atoms with Gasteiger partial charge in [0.2, 0.25) is 0 Å². The van der Waals surface area contributed by atoms with E-state index >= 15 is 0 Å². The largest absolute Gasteiger partial charge is 0.467 e. The fraction of sp³-hybridized carbons (Fsp3) is 0.182. The molecule has 3 rings (SSSR count). The molecule has 1 aromatic carbocycles. The summed E-state index contributed by atoms with van der Waals surface area (Å²) in [6, 6.07) is 17.4. The molecule has 1 N–H and O–H groups in total. The summed E-state index contributed by atoms with van der Waals surface area (Å²) in [5.41, 5.74) is 3.94. The number of amides is 1. The molecule has 2 heterocycles. The lowest BCUT2D eigenvalue weighted by Crippen LogP contribution is -2.23. The summed E-state index contributed by atoms with van der Waals surface area (Å²) in [5, 5.41) is 12.2. The zero-order chi connectivity index (χ0) is 19.2. The van der Waals surface area contributed by atoms with Gasteiger partial charge in [0.15, 0.2) is 0 Å². The van der Waals surface area contributed by atoms with Gasteiger partial charge in [0, 0.05) is 17.9 Å². The Bertz CT molecular complexity index is 990. The van der Waals surface area contributed by atoms with Crippen molar-refractivity contribution in [2.24, 2.45) is 0 Å². The van der Waals surface area contributed by atoms with Gasteiger partial charge < -0.3 is 14.3 Å². The number of nitriles is 1. The van der Waals surface area contributed by atoms with Crippen molar-refractivity contribution in [3.8, 4) is 6.07 Å². The first kappa shape index (κ1) is 18.3. The minimum Gasteiger partial charge on any atom is -0.467 e. The number of nitrogens with one attached hydrogen (secondary N) is 1. The molecule has 0 saturated heterocycles. The number of aromatic nitrogens is 1. The van der Waals surface area contributed by atoms with Crippen LogP contribution in [0.25, 0.3) is 6.08 Å². The third-order valence-electron chi connectivity index (χ3n) is 4.47. The Hall–Kier alpha value is -3.52. The van der Waals surface area contributed by atoms with E-state index < -0.39 is 0 Å². The van der Waals surface area contributed by atoms with Crippen LogP contribution in [0.4, 0.5) is 0 Å². The van der Waals surface area contributed by atoms with E-state index in [0.717, 1.165) is 28.3 Å². The Morgan fingerprint density at radius 1 is 1.22 bits per heavy atom. The molecule has 5 nitrogen and oxygen atoms in total. The summed E-state index contributed by atoms with van der Waals surface area (Å²) in [7, 11) is 0. The molecule has 1 amide bonds. The highest BCUT2D eigenvalue weighted by Crippen LogP contribution is 2.20. The fourth-order valence-corrected chi connectivity index (χ4v) is 2.95. The maximum atomic E-state index is 12.4. The first-order valence-corrected chi connectivity index (χ1v) is 8.71. The van der Waals surface area contributed by atoms with Crippen LogP contribution in [0.5, 0.6) is 0 Å². The fourth-order valence-electron chi connectivity index (χ4n) is 2.95. The predicted octanol–water partition coefficient (Wildman–Crippen LogP) is 3.97. The summed E-state index contributed by atoms with van der Waals surface area (Å²) in [6.07, 6.45) is 3.29. The number of aryl methyl sites for hydroxylation is 1. The van der Waals surface area contributed by atoms with Crippen molar-refractivity contribution >= 4 is 12.0 Å². The zero-order valence-corrected chi connectivity index (χ0v) is 15.4. The van der Waals surface area contributed by atoms with Gasteiger partial charge in [0.1, 0.15) is 17.4 Å². The Morgan fingerprint density at radius 3 is 2.67 bits per heavy atom. The highest BCUT2D eigenvalue weighted by Gasteiger charge is 2.13. The summed E-state index contributed by atoms with van der Waals surface area (Å²) in [5.74, 6) is 0.477. The first-order chi connectivity index (χ1) is 13.1. The van der Waals surface area contributed by atoms with E-state index in [9.17, 15) is 10.1 Å². The number of furan rings is 1. The number of rotatable bonds is 6. The predicted molar refractivity (Wildman–Crippen MR) is 104 cm³/mol. The first-order valence-electron chi connectivity index (χ1n) is 8.71. The van der Waals surface area contributed by atoms with Gasteiger partial charge in [-0.05, 0) is 49.2 Å². The van der Waals surface area contributed by atoms with E-state index in [1.165, 1.54) is 0 Å². The molecule has 0 aliphatic carbocycles. The molecule has 5 heteroatoms. The van der Waals surface area contributed by atoms with E-state index in [2.05, 4.69) is 9.88 Å². The smallest absolute Gasteiger partial charge is 0.262 e. The zero-order valence-electron chi connectivity index (χ0n) is 15.4. The molecule has 0 aliphatic rings. The van der Waals surface area contributed by atoms with E-state index in [1.54, 1.807) is 12.3 Å².